The zero-order chi connectivity index (χ0) is 19.7. The summed E-state index contributed by atoms with van der Waals surface area (Å²) in [7, 11) is 0. The predicted octanol–water partition coefficient (Wildman–Crippen LogP) is 3.46. The lowest BCUT2D eigenvalue weighted by Crippen LogP contribution is -2.29. The van der Waals surface area contributed by atoms with Crippen molar-refractivity contribution in [3.8, 4) is 5.75 Å². The summed E-state index contributed by atoms with van der Waals surface area (Å²) < 4.78 is 8.47. The van der Waals surface area contributed by atoms with E-state index in [1.54, 1.807) is 16.8 Å². The summed E-state index contributed by atoms with van der Waals surface area (Å²) in [6, 6.07) is 11.4. The second kappa shape index (κ2) is 7.39. The number of aromatic nitrogens is 3. The second-order valence-electron chi connectivity index (χ2n) is 6.19. The summed E-state index contributed by atoms with van der Waals surface area (Å²) >= 11 is 3.46. The molecule has 0 radical (unpaired) electrons. The van der Waals surface area contributed by atoms with Crippen LogP contribution in [0.4, 0.5) is 11.6 Å². The number of ether oxygens (including phenoxy) is 1. The lowest BCUT2D eigenvalue weighted by molar-refractivity contribution is -0.384. The molecule has 1 amide bonds. The van der Waals surface area contributed by atoms with Crippen molar-refractivity contribution in [1.29, 1.82) is 0 Å². The van der Waals surface area contributed by atoms with Crippen molar-refractivity contribution >= 4 is 33.5 Å². The maximum absolute atomic E-state index is 12.1. The molecule has 0 unspecified atom stereocenters. The van der Waals surface area contributed by atoms with Crippen molar-refractivity contribution in [1.82, 2.24) is 14.8 Å². The molecule has 1 N–H and O–H groups in total. The van der Waals surface area contributed by atoms with Gasteiger partial charge >= 0.3 is 0 Å². The lowest BCUT2D eigenvalue weighted by Gasteiger charge is -2.25. The zero-order valence-electron chi connectivity index (χ0n) is 14.4. The molecular formula is C18H14BrN5O4. The van der Waals surface area contributed by atoms with Crippen molar-refractivity contribution in [2.45, 2.75) is 19.1 Å². The van der Waals surface area contributed by atoms with Crippen LogP contribution < -0.4 is 10.1 Å². The van der Waals surface area contributed by atoms with E-state index >= 15 is 0 Å². The Kier molecular flexibility index (Phi) is 4.78. The minimum atomic E-state index is -0.443. The van der Waals surface area contributed by atoms with Gasteiger partial charge in [-0.1, -0.05) is 15.9 Å². The number of anilines is 1. The third kappa shape index (κ3) is 3.58. The van der Waals surface area contributed by atoms with E-state index in [1.165, 1.54) is 18.5 Å². The Balaban J connectivity index is 1.61. The van der Waals surface area contributed by atoms with Crippen LogP contribution in [0.3, 0.4) is 0 Å². The highest BCUT2D eigenvalue weighted by molar-refractivity contribution is 9.10. The molecule has 0 fully saturated rings. The fourth-order valence-electron chi connectivity index (χ4n) is 3.03. The molecule has 1 aromatic heterocycles. The van der Waals surface area contributed by atoms with Crippen LogP contribution in [0.15, 0.2) is 53.3 Å². The molecule has 0 bridgehead atoms. The van der Waals surface area contributed by atoms with Crippen LogP contribution >= 0.6 is 15.9 Å². The number of non-ortho nitro benzene ring substituents is 1. The molecule has 2 heterocycles. The fraction of sp³-hybridized carbons (Fsp3) is 0.167. The first kappa shape index (κ1) is 18.1. The zero-order valence-corrected chi connectivity index (χ0v) is 16.0. The SMILES string of the molecule is O=C1C[C@H](c2cc(Br)ccc2OCc2ccc([N+](=O)[O-])cc2)n2ncnc2N1. The summed E-state index contributed by atoms with van der Waals surface area (Å²) in [4.78, 5) is 26.5. The highest BCUT2D eigenvalue weighted by Gasteiger charge is 2.30. The molecule has 9 nitrogen and oxygen atoms in total. The molecule has 0 saturated carbocycles. The summed E-state index contributed by atoms with van der Waals surface area (Å²) in [5.74, 6) is 0.844. The van der Waals surface area contributed by atoms with Crippen LogP contribution in [0, 0.1) is 10.1 Å². The first-order chi connectivity index (χ1) is 13.5. The third-order valence-electron chi connectivity index (χ3n) is 4.37. The second-order valence-corrected chi connectivity index (χ2v) is 7.11. The molecule has 28 heavy (non-hydrogen) atoms. The molecular weight excluding hydrogens is 430 g/mol. The van der Waals surface area contributed by atoms with E-state index in [2.05, 4.69) is 31.3 Å². The number of rotatable bonds is 5. The number of amides is 1. The Morgan fingerprint density at radius 1 is 1.29 bits per heavy atom. The van der Waals surface area contributed by atoms with Gasteiger partial charge in [-0.05, 0) is 35.9 Å². The third-order valence-corrected chi connectivity index (χ3v) is 4.86. The van der Waals surface area contributed by atoms with Gasteiger partial charge in [-0.2, -0.15) is 10.1 Å². The number of nitro benzene ring substituents is 1. The average Bonchev–Trinajstić information content (AvgIpc) is 3.15. The quantitative estimate of drug-likeness (QED) is 0.477. The molecule has 0 saturated heterocycles. The van der Waals surface area contributed by atoms with E-state index in [9.17, 15) is 14.9 Å². The number of hydrogen-bond donors (Lipinski definition) is 1. The van der Waals surface area contributed by atoms with Crippen LogP contribution in [-0.4, -0.2) is 25.6 Å². The lowest BCUT2D eigenvalue weighted by atomic mass is 10.0. The molecule has 0 aliphatic carbocycles. The Labute approximate surface area is 167 Å². The first-order valence-corrected chi connectivity index (χ1v) is 9.15. The number of nitro groups is 1. The van der Waals surface area contributed by atoms with Crippen molar-refractivity contribution in [3.63, 3.8) is 0 Å². The molecule has 4 rings (SSSR count). The van der Waals surface area contributed by atoms with Gasteiger partial charge in [0.05, 0.1) is 17.4 Å². The normalized spacial score (nSPS) is 15.6. The van der Waals surface area contributed by atoms with Gasteiger partial charge in [-0.25, -0.2) is 4.68 Å². The van der Waals surface area contributed by atoms with E-state index in [0.717, 1.165) is 15.6 Å². The number of halogens is 1. The standard InChI is InChI=1S/C18H14BrN5O4/c19-12-3-6-16(28-9-11-1-4-13(5-2-11)24(26)27)14(7-12)15-8-17(25)22-18-20-10-21-23(15)18/h1-7,10,15H,8-9H2,(H,20,21,22,25)/t15-/m1/s1. The van der Waals surface area contributed by atoms with Crippen LogP contribution in [0.25, 0.3) is 0 Å². The maximum Gasteiger partial charge on any atom is 0.269 e. The van der Waals surface area contributed by atoms with Crippen molar-refractivity contribution in [3.05, 3.63) is 74.5 Å². The number of nitrogens with one attached hydrogen (secondary N) is 1. The minimum Gasteiger partial charge on any atom is -0.489 e. The molecule has 2 aromatic carbocycles. The Bertz CT molecular complexity index is 1050. The van der Waals surface area contributed by atoms with Gasteiger partial charge in [-0.15, -0.1) is 0 Å². The molecule has 0 spiro atoms. The van der Waals surface area contributed by atoms with Crippen LogP contribution in [0.5, 0.6) is 5.75 Å². The van der Waals surface area contributed by atoms with Gasteiger partial charge in [0.2, 0.25) is 11.9 Å². The van der Waals surface area contributed by atoms with Crippen molar-refractivity contribution in [2.75, 3.05) is 5.32 Å². The number of hydrogen-bond acceptors (Lipinski definition) is 6. The van der Waals surface area contributed by atoms with Gasteiger partial charge in [-0.3, -0.25) is 20.2 Å². The van der Waals surface area contributed by atoms with Gasteiger partial charge in [0, 0.05) is 22.2 Å². The summed E-state index contributed by atoms with van der Waals surface area (Å²) in [6.07, 6.45) is 1.60. The molecule has 10 heteroatoms. The highest BCUT2D eigenvalue weighted by atomic mass is 79.9. The van der Waals surface area contributed by atoms with E-state index in [0.29, 0.717) is 11.7 Å². The topological polar surface area (TPSA) is 112 Å². The summed E-state index contributed by atoms with van der Waals surface area (Å²) in [5, 5.41) is 17.7. The van der Waals surface area contributed by atoms with Gasteiger partial charge in [0.1, 0.15) is 18.7 Å². The monoisotopic (exact) mass is 443 g/mol. The van der Waals surface area contributed by atoms with Crippen LogP contribution in [0.2, 0.25) is 0 Å². The number of nitrogens with zero attached hydrogens (tertiary/aromatic N) is 4. The average molecular weight is 444 g/mol. The van der Waals surface area contributed by atoms with E-state index < -0.39 is 4.92 Å². The molecule has 1 atom stereocenters. The van der Waals surface area contributed by atoms with Crippen LogP contribution in [-0.2, 0) is 11.4 Å². The van der Waals surface area contributed by atoms with Crippen LogP contribution in [0.1, 0.15) is 23.6 Å². The van der Waals surface area contributed by atoms with Gasteiger partial charge in [0.25, 0.3) is 5.69 Å². The molecule has 3 aromatic rings. The van der Waals surface area contributed by atoms with Gasteiger partial charge < -0.3 is 4.74 Å². The molecule has 1 aliphatic rings. The van der Waals surface area contributed by atoms with Crippen molar-refractivity contribution < 1.29 is 14.5 Å². The first-order valence-electron chi connectivity index (χ1n) is 8.36. The highest BCUT2D eigenvalue weighted by Crippen LogP contribution is 2.36. The molecule has 1 aliphatic heterocycles. The summed E-state index contributed by atoms with van der Waals surface area (Å²) in [6.45, 7) is 0.232. The van der Waals surface area contributed by atoms with Gasteiger partial charge in [0.15, 0.2) is 0 Å². The number of benzene rings is 2. The van der Waals surface area contributed by atoms with E-state index in [4.69, 9.17) is 4.74 Å². The fourth-order valence-corrected chi connectivity index (χ4v) is 3.41. The number of carbonyl (C=O) groups is 1. The van der Waals surface area contributed by atoms with Crippen molar-refractivity contribution in [2.24, 2.45) is 0 Å². The number of carbonyl (C=O) groups excluding carboxylic acids is 1. The molecule has 142 valence electrons. The summed E-state index contributed by atoms with van der Waals surface area (Å²) in [5.41, 5.74) is 1.61. The maximum atomic E-state index is 12.1. The Morgan fingerprint density at radius 3 is 2.82 bits per heavy atom. The largest absolute Gasteiger partial charge is 0.489 e. The van der Waals surface area contributed by atoms with E-state index in [1.807, 2.05) is 18.2 Å². The Hall–Kier alpha value is -3.27. The smallest absolute Gasteiger partial charge is 0.269 e. The van der Waals surface area contributed by atoms with E-state index in [-0.39, 0.29) is 30.7 Å². The Morgan fingerprint density at radius 2 is 2.07 bits per heavy atom. The number of fused-ring (bicyclic) bond motifs is 1. The minimum absolute atomic E-state index is 0.0278. The predicted molar refractivity (Wildman–Crippen MR) is 103 cm³/mol.